The number of carbonyl (C=O) groups is 2. The second kappa shape index (κ2) is 6.69. The molecule has 3 rings (SSSR count). The normalized spacial score (nSPS) is 20.5. The number of H-pyrrole nitrogens is 1. The maximum Gasteiger partial charge on any atom is 0.307 e. The van der Waals surface area contributed by atoms with E-state index in [0.29, 0.717) is 19.4 Å². The van der Waals surface area contributed by atoms with E-state index in [4.69, 9.17) is 0 Å². The first-order valence-corrected chi connectivity index (χ1v) is 7.87. The number of hydrogen-bond donors (Lipinski definition) is 3. The molecular formula is C18H20N2O3. The van der Waals surface area contributed by atoms with Crippen molar-refractivity contribution in [3.63, 3.8) is 0 Å². The molecule has 1 aromatic heterocycles. The van der Waals surface area contributed by atoms with Crippen LogP contribution < -0.4 is 5.32 Å². The van der Waals surface area contributed by atoms with E-state index in [1.807, 2.05) is 36.5 Å². The number of fused-ring (bicyclic) bond motifs is 1. The standard InChI is InChI=1S/C18H20N2O3/c21-17(14-6-1-2-7-15(14)18(22)23)19-10-9-12-11-20-16-8-4-3-5-13(12)16/h1-5,8,11,14-15,20H,6-7,9-10H2,(H,19,21)(H,22,23)/t14-,15+/m0/s1. The molecule has 120 valence electrons. The van der Waals surface area contributed by atoms with Crippen molar-refractivity contribution < 1.29 is 14.7 Å². The Hall–Kier alpha value is -2.56. The third kappa shape index (κ3) is 3.28. The first kappa shape index (κ1) is 15.3. The van der Waals surface area contributed by atoms with Crippen molar-refractivity contribution in [1.29, 1.82) is 0 Å². The molecule has 1 aromatic carbocycles. The van der Waals surface area contributed by atoms with Gasteiger partial charge in [0.25, 0.3) is 0 Å². The van der Waals surface area contributed by atoms with Gasteiger partial charge in [0.1, 0.15) is 0 Å². The monoisotopic (exact) mass is 312 g/mol. The lowest BCUT2D eigenvalue weighted by Gasteiger charge is -2.24. The molecule has 2 aromatic rings. The van der Waals surface area contributed by atoms with Gasteiger partial charge in [-0.2, -0.15) is 0 Å². The maximum atomic E-state index is 12.3. The third-order valence-electron chi connectivity index (χ3n) is 4.45. The Labute approximate surface area is 134 Å². The van der Waals surface area contributed by atoms with Crippen molar-refractivity contribution in [1.82, 2.24) is 10.3 Å². The van der Waals surface area contributed by atoms with Crippen molar-refractivity contribution in [2.75, 3.05) is 6.54 Å². The number of hydrogen-bond acceptors (Lipinski definition) is 2. The largest absolute Gasteiger partial charge is 0.481 e. The first-order valence-electron chi connectivity index (χ1n) is 7.87. The second-order valence-corrected chi connectivity index (χ2v) is 5.89. The van der Waals surface area contributed by atoms with Crippen LogP contribution in [0.3, 0.4) is 0 Å². The molecule has 1 heterocycles. The van der Waals surface area contributed by atoms with Crippen molar-refractivity contribution >= 4 is 22.8 Å². The predicted molar refractivity (Wildman–Crippen MR) is 88.0 cm³/mol. The molecule has 1 aliphatic rings. The molecule has 23 heavy (non-hydrogen) atoms. The number of rotatable bonds is 5. The summed E-state index contributed by atoms with van der Waals surface area (Å²) in [6.45, 7) is 0.507. The molecule has 1 amide bonds. The highest BCUT2D eigenvalue weighted by atomic mass is 16.4. The van der Waals surface area contributed by atoms with E-state index >= 15 is 0 Å². The highest BCUT2D eigenvalue weighted by molar-refractivity contribution is 5.85. The summed E-state index contributed by atoms with van der Waals surface area (Å²) in [5, 5.41) is 13.3. The summed E-state index contributed by atoms with van der Waals surface area (Å²) < 4.78 is 0. The topological polar surface area (TPSA) is 82.2 Å². The Morgan fingerprint density at radius 1 is 1.17 bits per heavy atom. The molecule has 0 saturated heterocycles. The minimum absolute atomic E-state index is 0.165. The van der Waals surface area contributed by atoms with E-state index in [-0.39, 0.29) is 5.91 Å². The number of amides is 1. The molecule has 5 nitrogen and oxygen atoms in total. The highest BCUT2D eigenvalue weighted by Gasteiger charge is 2.33. The van der Waals surface area contributed by atoms with Crippen molar-refractivity contribution in [2.45, 2.75) is 19.3 Å². The molecule has 3 N–H and O–H groups in total. The molecule has 0 spiro atoms. The van der Waals surface area contributed by atoms with Gasteiger partial charge in [-0.1, -0.05) is 30.4 Å². The van der Waals surface area contributed by atoms with Crippen molar-refractivity contribution in [3.8, 4) is 0 Å². The van der Waals surface area contributed by atoms with E-state index in [1.54, 1.807) is 0 Å². The lowest BCUT2D eigenvalue weighted by atomic mass is 9.82. The van der Waals surface area contributed by atoms with E-state index in [0.717, 1.165) is 22.9 Å². The quantitative estimate of drug-likeness (QED) is 0.742. The van der Waals surface area contributed by atoms with E-state index < -0.39 is 17.8 Å². The molecule has 0 fully saturated rings. The molecule has 0 radical (unpaired) electrons. The van der Waals surface area contributed by atoms with Crippen LogP contribution in [0.5, 0.6) is 0 Å². The number of benzene rings is 1. The molecular weight excluding hydrogens is 292 g/mol. The summed E-state index contributed by atoms with van der Waals surface area (Å²) >= 11 is 0. The van der Waals surface area contributed by atoms with Crippen LogP contribution in [0.4, 0.5) is 0 Å². The van der Waals surface area contributed by atoms with Crippen LogP contribution in [-0.4, -0.2) is 28.5 Å². The third-order valence-corrected chi connectivity index (χ3v) is 4.45. The number of aromatic amines is 1. The number of aliphatic carboxylic acids is 1. The summed E-state index contributed by atoms with van der Waals surface area (Å²) in [5.74, 6) is -2.15. The average molecular weight is 312 g/mol. The molecule has 0 saturated carbocycles. The van der Waals surface area contributed by atoms with Gasteiger partial charge in [-0.05, 0) is 30.9 Å². The fraction of sp³-hybridized carbons (Fsp3) is 0.333. The van der Waals surface area contributed by atoms with E-state index in [2.05, 4.69) is 16.4 Å². The van der Waals surface area contributed by atoms with Gasteiger partial charge >= 0.3 is 5.97 Å². The zero-order valence-corrected chi connectivity index (χ0v) is 12.8. The van der Waals surface area contributed by atoms with Crippen LogP contribution in [0.25, 0.3) is 10.9 Å². The summed E-state index contributed by atoms with van der Waals surface area (Å²) in [6.07, 6.45) is 7.33. The first-order chi connectivity index (χ1) is 11.2. The van der Waals surface area contributed by atoms with Gasteiger partial charge in [0.15, 0.2) is 0 Å². The number of aromatic nitrogens is 1. The van der Waals surface area contributed by atoms with E-state index in [9.17, 15) is 14.7 Å². The molecule has 0 bridgehead atoms. The molecule has 0 unspecified atom stereocenters. The zero-order valence-electron chi connectivity index (χ0n) is 12.8. The Morgan fingerprint density at radius 2 is 1.91 bits per heavy atom. The lowest BCUT2D eigenvalue weighted by molar-refractivity contribution is -0.147. The van der Waals surface area contributed by atoms with E-state index in [1.165, 1.54) is 0 Å². The molecule has 0 aliphatic heterocycles. The Bertz CT molecular complexity index is 748. The predicted octanol–water partition coefficient (Wildman–Crippen LogP) is 2.49. The fourth-order valence-electron chi connectivity index (χ4n) is 3.17. The number of allylic oxidation sites excluding steroid dienone is 2. The molecule has 2 atom stereocenters. The Balaban J connectivity index is 1.59. The number of carboxylic acids is 1. The summed E-state index contributed by atoms with van der Waals surface area (Å²) in [6, 6.07) is 8.04. The van der Waals surface area contributed by atoms with Gasteiger partial charge in [-0.25, -0.2) is 0 Å². The highest BCUT2D eigenvalue weighted by Crippen LogP contribution is 2.26. The van der Waals surface area contributed by atoms with Crippen molar-refractivity contribution in [3.05, 3.63) is 48.2 Å². The van der Waals surface area contributed by atoms with Crippen LogP contribution in [-0.2, 0) is 16.0 Å². The molecule has 5 heteroatoms. The van der Waals surface area contributed by atoms with Gasteiger partial charge in [0, 0.05) is 23.6 Å². The number of para-hydroxylation sites is 1. The van der Waals surface area contributed by atoms with Gasteiger partial charge < -0.3 is 15.4 Å². The summed E-state index contributed by atoms with van der Waals surface area (Å²) in [7, 11) is 0. The van der Waals surface area contributed by atoms with Gasteiger partial charge in [-0.15, -0.1) is 0 Å². The zero-order chi connectivity index (χ0) is 16.2. The van der Waals surface area contributed by atoms with Gasteiger partial charge in [-0.3, -0.25) is 9.59 Å². The van der Waals surface area contributed by atoms with Crippen LogP contribution in [0.2, 0.25) is 0 Å². The van der Waals surface area contributed by atoms with Crippen molar-refractivity contribution in [2.24, 2.45) is 11.8 Å². The smallest absolute Gasteiger partial charge is 0.307 e. The Morgan fingerprint density at radius 3 is 2.70 bits per heavy atom. The minimum Gasteiger partial charge on any atom is -0.481 e. The van der Waals surface area contributed by atoms with Crippen LogP contribution in [0, 0.1) is 11.8 Å². The number of carbonyl (C=O) groups excluding carboxylic acids is 1. The number of carboxylic acid groups (broad SMARTS) is 1. The summed E-state index contributed by atoms with van der Waals surface area (Å²) in [4.78, 5) is 26.8. The summed E-state index contributed by atoms with van der Waals surface area (Å²) in [5.41, 5.74) is 2.23. The van der Waals surface area contributed by atoms with Gasteiger partial charge in [0.2, 0.25) is 5.91 Å². The Kier molecular flexibility index (Phi) is 4.46. The second-order valence-electron chi connectivity index (χ2n) is 5.89. The van der Waals surface area contributed by atoms with Crippen LogP contribution >= 0.6 is 0 Å². The minimum atomic E-state index is -0.897. The van der Waals surface area contributed by atoms with Gasteiger partial charge in [0.05, 0.1) is 11.8 Å². The van der Waals surface area contributed by atoms with Crippen LogP contribution in [0.1, 0.15) is 18.4 Å². The fourth-order valence-corrected chi connectivity index (χ4v) is 3.17. The van der Waals surface area contributed by atoms with Crippen LogP contribution in [0.15, 0.2) is 42.6 Å². The maximum absolute atomic E-state index is 12.3. The number of nitrogens with one attached hydrogen (secondary N) is 2. The SMILES string of the molecule is O=C(NCCc1c[nH]c2ccccc12)[C@H]1CC=CC[C@H]1C(=O)O. The average Bonchev–Trinajstić information content (AvgIpc) is 2.98. The lowest BCUT2D eigenvalue weighted by Crippen LogP contribution is -2.39. The molecule has 1 aliphatic carbocycles.